The molecule has 28 heteroatoms. The number of pyridine rings is 2. The van der Waals surface area contributed by atoms with Gasteiger partial charge >= 0.3 is 25.1 Å². The smallest absolute Gasteiger partial charge is 0.402 e. The van der Waals surface area contributed by atoms with Gasteiger partial charge in [0.15, 0.2) is 23.1 Å². The number of nitrogen functional groups attached to an aromatic ring is 2. The van der Waals surface area contributed by atoms with Crippen LogP contribution in [0.1, 0.15) is 62.4 Å². The number of rotatable bonds is 10. The topological polar surface area (TPSA) is 197 Å². The first-order valence-electron chi connectivity index (χ1n) is 21.0. The van der Waals surface area contributed by atoms with Crippen LogP contribution in [0.15, 0.2) is 36.9 Å². The van der Waals surface area contributed by atoms with E-state index in [0.717, 1.165) is 50.7 Å². The number of ether oxygens (including phenoxy) is 4. The summed E-state index contributed by atoms with van der Waals surface area (Å²) in [5.41, 5.74) is 9.11. The van der Waals surface area contributed by atoms with Crippen molar-refractivity contribution in [3.05, 3.63) is 48.6 Å². The zero-order valence-corrected chi connectivity index (χ0v) is 35.3. The molecule has 68 heavy (non-hydrogen) atoms. The fraction of sp³-hybridized carbons (Fsp3) is 0.600. The zero-order valence-electron chi connectivity index (χ0n) is 35.3. The molecule has 4 bridgehead atoms. The van der Waals surface area contributed by atoms with Crippen LogP contribution in [0.4, 0.5) is 64.3 Å². The fourth-order valence-corrected chi connectivity index (χ4v) is 10.7. The van der Waals surface area contributed by atoms with Gasteiger partial charge < -0.3 is 49.8 Å². The number of halogens is 12. The summed E-state index contributed by atoms with van der Waals surface area (Å²) in [6, 6.07) is 1.81. The Morgan fingerprint density at radius 2 is 0.868 bits per heavy atom. The number of morpholine rings is 2. The highest BCUT2D eigenvalue weighted by Gasteiger charge is 2.73. The Hall–Kier alpha value is -5.16. The Morgan fingerprint density at radius 3 is 1.16 bits per heavy atom. The largest absolute Gasteiger partial charge is 0.573 e. The molecule has 8 aliphatic rings. The maximum Gasteiger partial charge on any atom is 0.573 e. The second kappa shape index (κ2) is 16.2. The molecule has 2 atom stereocenters. The van der Waals surface area contributed by atoms with Crippen molar-refractivity contribution >= 4 is 11.6 Å². The van der Waals surface area contributed by atoms with E-state index < -0.39 is 83.1 Å². The molecule has 4 aromatic heterocycles. The van der Waals surface area contributed by atoms with Crippen molar-refractivity contribution in [3.8, 4) is 34.0 Å². The van der Waals surface area contributed by atoms with Crippen LogP contribution in [0.5, 0.6) is 11.5 Å². The van der Waals surface area contributed by atoms with E-state index in [9.17, 15) is 62.9 Å². The molecule has 372 valence electrons. The van der Waals surface area contributed by atoms with Crippen LogP contribution < -0.4 is 20.9 Å². The minimum atomic E-state index is -5.04. The predicted octanol–water partition coefficient (Wildman–Crippen LogP) is 5.97. The van der Waals surface area contributed by atoms with Crippen molar-refractivity contribution in [2.45, 2.75) is 98.0 Å². The molecule has 2 saturated heterocycles. The molecule has 8 fully saturated rings. The van der Waals surface area contributed by atoms with Gasteiger partial charge in [0.25, 0.3) is 0 Å². The lowest BCUT2D eigenvalue weighted by Gasteiger charge is -2.74. The highest BCUT2D eigenvalue weighted by atomic mass is 19.4. The first kappa shape index (κ1) is 47.9. The number of aromatic nitrogens is 6. The highest BCUT2D eigenvalue weighted by molar-refractivity contribution is 5.65. The molecule has 0 aromatic carbocycles. The van der Waals surface area contributed by atoms with Gasteiger partial charge in [-0.15, -0.1) is 26.3 Å². The fourth-order valence-electron chi connectivity index (χ4n) is 10.7. The number of nitrogens with two attached hydrogens (primary N) is 2. The third-order valence-electron chi connectivity index (χ3n) is 13.7. The van der Waals surface area contributed by atoms with Gasteiger partial charge in [0.2, 0.25) is 12.2 Å². The summed E-state index contributed by atoms with van der Waals surface area (Å²) in [6.07, 6.45) is -17.5. The number of imidazole rings is 2. The van der Waals surface area contributed by atoms with E-state index >= 15 is 0 Å². The van der Waals surface area contributed by atoms with Gasteiger partial charge in [0.05, 0.1) is 48.9 Å². The van der Waals surface area contributed by atoms with Gasteiger partial charge in [-0.3, -0.25) is 9.80 Å². The maximum absolute atomic E-state index is 13.4. The van der Waals surface area contributed by atoms with Gasteiger partial charge in [-0.1, -0.05) is 0 Å². The summed E-state index contributed by atoms with van der Waals surface area (Å²) in [7, 11) is 0. The summed E-state index contributed by atoms with van der Waals surface area (Å²) < 4.78 is 178. The van der Waals surface area contributed by atoms with Gasteiger partial charge in [-0.2, -0.15) is 26.3 Å². The van der Waals surface area contributed by atoms with Crippen molar-refractivity contribution in [2.24, 2.45) is 0 Å². The average molecular weight is 987 g/mol. The molecule has 4 aromatic rings. The van der Waals surface area contributed by atoms with E-state index in [0.29, 0.717) is 65.0 Å². The number of alkyl halides is 12. The molecule has 6 heterocycles. The van der Waals surface area contributed by atoms with Crippen LogP contribution in [0, 0.1) is 0 Å². The Balaban J connectivity index is 0.000000170. The van der Waals surface area contributed by atoms with Gasteiger partial charge in [0, 0.05) is 73.2 Å². The number of aliphatic hydroxyl groups excluding tert-OH is 2. The Kier molecular flexibility index (Phi) is 11.4. The summed E-state index contributed by atoms with van der Waals surface area (Å²) in [5.74, 6) is -3.91. The van der Waals surface area contributed by atoms with E-state index in [1.165, 1.54) is 21.5 Å². The minimum Gasteiger partial charge on any atom is -0.402 e. The lowest BCUT2D eigenvalue weighted by molar-refractivity contribution is -0.275. The quantitative estimate of drug-likeness (QED) is 0.136. The summed E-state index contributed by atoms with van der Waals surface area (Å²) in [4.78, 5) is 19.8. The average Bonchev–Trinajstić information content (AvgIpc) is 3.82. The van der Waals surface area contributed by atoms with Crippen molar-refractivity contribution in [1.29, 1.82) is 0 Å². The van der Waals surface area contributed by atoms with Gasteiger partial charge in [-0.25, -0.2) is 19.9 Å². The lowest BCUT2D eigenvalue weighted by atomic mass is 9.43. The number of hydrogen-bond acceptors (Lipinski definition) is 14. The highest BCUT2D eigenvalue weighted by Crippen LogP contribution is 2.70. The van der Waals surface area contributed by atoms with Crippen LogP contribution in [0.2, 0.25) is 0 Å². The molecular weight excluding hydrogens is 944 g/mol. The molecule has 6 saturated carbocycles. The number of anilines is 2. The molecular formula is C40H42F12N10O6. The third kappa shape index (κ3) is 8.63. The normalized spacial score (nSPS) is 28.2. The van der Waals surface area contributed by atoms with Crippen molar-refractivity contribution in [1.82, 2.24) is 38.9 Å². The molecule has 0 unspecified atom stereocenters. The first-order valence-corrected chi connectivity index (χ1v) is 21.0. The third-order valence-corrected chi connectivity index (χ3v) is 13.7. The summed E-state index contributed by atoms with van der Waals surface area (Å²) in [5, 5.41) is 20.0. The SMILES string of the molecule is Nc1ncc(-c2cn(C34CC(N5CCOCC5)(C3)C4)c([C@@H](O)C(F)(F)F)n2)cc1OC(F)(F)F.Nc1ncc(-c2cn(C34CC(N5CCOCC5)(C3)C4)c([C@H](O)C(F)(F)F)n2)cc1OC(F)(F)F. The van der Waals surface area contributed by atoms with Crippen LogP contribution >= 0.6 is 0 Å². The van der Waals surface area contributed by atoms with E-state index in [2.05, 4.69) is 39.2 Å². The van der Waals surface area contributed by atoms with Gasteiger partial charge in [-0.05, 0) is 50.7 Å². The Bertz CT molecular complexity index is 2320. The molecule has 6 aliphatic carbocycles. The summed E-state index contributed by atoms with van der Waals surface area (Å²) >= 11 is 0. The first-order chi connectivity index (χ1) is 31.6. The van der Waals surface area contributed by atoms with E-state index in [1.54, 1.807) is 0 Å². The van der Waals surface area contributed by atoms with Crippen LogP contribution in [0.25, 0.3) is 22.5 Å². The zero-order chi connectivity index (χ0) is 49.0. The lowest BCUT2D eigenvalue weighted by Crippen LogP contribution is -2.79. The van der Waals surface area contributed by atoms with Gasteiger partial charge in [0.1, 0.15) is 11.6 Å². The van der Waals surface area contributed by atoms with Crippen molar-refractivity contribution in [3.63, 3.8) is 0 Å². The molecule has 2 aliphatic heterocycles. The molecule has 0 spiro atoms. The van der Waals surface area contributed by atoms with Crippen molar-refractivity contribution in [2.75, 3.05) is 64.1 Å². The molecule has 0 amide bonds. The van der Waals surface area contributed by atoms with E-state index in [4.69, 9.17) is 20.9 Å². The Labute approximate surface area is 376 Å². The second-order valence-electron chi connectivity index (χ2n) is 18.1. The molecule has 6 N–H and O–H groups in total. The number of aliphatic hydroxyl groups is 2. The standard InChI is InChI=1S/2C20H21F6N5O3/c2*21-19(22,23)14(32)16-29-12(11-5-13(15(27)28-6-11)34-20(24,25)26)7-31(16)18-8-17(9-18,10-18)30-1-3-33-4-2-30/h2*5-7,14,32H,1-4,8-10H2,(H2,27,28)/t2*14-,17?,18?/m10/s1. The van der Waals surface area contributed by atoms with Crippen LogP contribution in [0.3, 0.4) is 0 Å². The summed E-state index contributed by atoms with van der Waals surface area (Å²) in [6.45, 7) is 5.32. The number of hydrogen-bond donors (Lipinski definition) is 4. The minimum absolute atomic E-state index is 0.0303. The second-order valence-corrected chi connectivity index (χ2v) is 18.1. The predicted molar refractivity (Wildman–Crippen MR) is 209 cm³/mol. The maximum atomic E-state index is 13.4. The number of nitrogens with zero attached hydrogens (tertiary/aromatic N) is 8. The van der Waals surface area contributed by atoms with E-state index in [-0.39, 0.29) is 33.6 Å². The van der Waals surface area contributed by atoms with Crippen LogP contribution in [-0.4, -0.2) is 138 Å². The van der Waals surface area contributed by atoms with Crippen molar-refractivity contribution < 1.29 is 81.8 Å². The van der Waals surface area contributed by atoms with Crippen LogP contribution in [-0.2, 0) is 20.6 Å². The Morgan fingerprint density at radius 1 is 0.544 bits per heavy atom. The monoisotopic (exact) mass is 986 g/mol. The molecule has 0 radical (unpaired) electrons. The van der Waals surface area contributed by atoms with E-state index in [1.807, 2.05) is 0 Å². The molecule has 12 rings (SSSR count). The molecule has 16 nitrogen and oxygen atoms in total.